The normalized spacial score (nSPS) is 16.1. The number of benzene rings is 2. The van der Waals surface area contributed by atoms with Crippen LogP contribution in [0.1, 0.15) is 37.3 Å². The molecule has 2 aromatic carbocycles. The zero-order chi connectivity index (χ0) is 21.8. The topological polar surface area (TPSA) is 75.7 Å². The first kappa shape index (κ1) is 21.5. The van der Waals surface area contributed by atoms with Gasteiger partial charge in [-0.2, -0.15) is 0 Å². The summed E-state index contributed by atoms with van der Waals surface area (Å²) < 4.78 is 19.1. The number of carbonyl (C=O) groups is 3. The molecule has 0 unspecified atom stereocenters. The first-order chi connectivity index (χ1) is 14.3. The molecule has 1 fully saturated rings. The molecule has 7 heteroatoms. The molecular weight excluding hydrogens is 387 g/mol. The van der Waals surface area contributed by atoms with Crippen LogP contribution in [0.25, 0.3) is 0 Å². The van der Waals surface area contributed by atoms with E-state index < -0.39 is 30.2 Å². The van der Waals surface area contributed by atoms with Gasteiger partial charge in [-0.1, -0.05) is 44.2 Å². The van der Waals surface area contributed by atoms with Gasteiger partial charge >= 0.3 is 5.97 Å². The lowest BCUT2D eigenvalue weighted by Crippen LogP contribution is -2.28. The summed E-state index contributed by atoms with van der Waals surface area (Å²) in [6, 6.07) is 11.7. The molecule has 1 atom stereocenters. The monoisotopic (exact) mass is 412 g/mol. The number of halogens is 1. The predicted molar refractivity (Wildman–Crippen MR) is 112 cm³/mol. The maximum absolute atomic E-state index is 14.0. The van der Waals surface area contributed by atoms with Crippen molar-refractivity contribution in [3.05, 3.63) is 59.4 Å². The molecule has 1 aliphatic rings. The van der Waals surface area contributed by atoms with Gasteiger partial charge in [0.1, 0.15) is 5.82 Å². The van der Waals surface area contributed by atoms with E-state index in [1.54, 1.807) is 6.07 Å². The third kappa shape index (κ3) is 4.67. The minimum absolute atomic E-state index is 0.0233. The van der Waals surface area contributed by atoms with Gasteiger partial charge in [0, 0.05) is 18.7 Å². The average molecular weight is 412 g/mol. The maximum atomic E-state index is 14.0. The van der Waals surface area contributed by atoms with Gasteiger partial charge in [-0.05, 0) is 36.1 Å². The molecule has 1 N–H and O–H groups in total. The largest absolute Gasteiger partial charge is 0.455 e. The lowest BCUT2D eigenvalue weighted by atomic mass is 9.98. The molecule has 6 nitrogen and oxygen atoms in total. The highest BCUT2D eigenvalue weighted by atomic mass is 19.1. The van der Waals surface area contributed by atoms with E-state index in [4.69, 9.17) is 4.74 Å². The van der Waals surface area contributed by atoms with E-state index in [0.29, 0.717) is 0 Å². The molecule has 1 saturated heterocycles. The van der Waals surface area contributed by atoms with Gasteiger partial charge in [-0.3, -0.25) is 14.4 Å². The van der Waals surface area contributed by atoms with E-state index in [9.17, 15) is 18.8 Å². The highest BCUT2D eigenvalue weighted by Crippen LogP contribution is 2.29. The molecule has 0 saturated carbocycles. The van der Waals surface area contributed by atoms with E-state index in [0.717, 1.165) is 16.8 Å². The van der Waals surface area contributed by atoms with Crippen LogP contribution >= 0.6 is 0 Å². The van der Waals surface area contributed by atoms with Crippen LogP contribution < -0.4 is 10.2 Å². The van der Waals surface area contributed by atoms with E-state index in [1.807, 2.05) is 39.0 Å². The van der Waals surface area contributed by atoms with E-state index >= 15 is 0 Å². The number of anilines is 2. The fraction of sp³-hybridized carbons (Fsp3) is 0.348. The maximum Gasteiger partial charge on any atom is 0.311 e. The summed E-state index contributed by atoms with van der Waals surface area (Å²) in [5.41, 5.74) is 2.77. The van der Waals surface area contributed by atoms with Crippen molar-refractivity contribution in [1.82, 2.24) is 0 Å². The van der Waals surface area contributed by atoms with E-state index in [1.165, 1.54) is 23.1 Å². The van der Waals surface area contributed by atoms with Crippen LogP contribution in [0.2, 0.25) is 0 Å². The van der Waals surface area contributed by atoms with Gasteiger partial charge < -0.3 is 15.0 Å². The number of esters is 1. The van der Waals surface area contributed by atoms with Crippen molar-refractivity contribution >= 4 is 29.2 Å². The standard InChI is InChI=1S/C23H25FN2O4/c1-14(2)17-8-6-7-15(3)22(17)25-20(27)13-30-23(29)16-11-21(28)26(12-16)19-10-5-4-9-18(19)24/h4-10,14,16H,11-13H2,1-3H3,(H,25,27)/t16-/m1/s1. The SMILES string of the molecule is Cc1cccc(C(C)C)c1NC(=O)COC(=O)[C@@H]1CC(=O)N(c2ccccc2F)C1. The Morgan fingerprint density at radius 3 is 2.63 bits per heavy atom. The Kier molecular flexibility index (Phi) is 6.50. The van der Waals surface area contributed by atoms with Crippen LogP contribution in [0.15, 0.2) is 42.5 Å². The molecule has 0 bridgehead atoms. The number of amides is 2. The Morgan fingerprint density at radius 1 is 1.20 bits per heavy atom. The molecule has 1 aliphatic heterocycles. The molecule has 158 valence electrons. The zero-order valence-electron chi connectivity index (χ0n) is 17.3. The molecule has 0 radical (unpaired) electrons. The van der Waals surface area contributed by atoms with Crippen LogP contribution in [0.4, 0.5) is 15.8 Å². The highest BCUT2D eigenvalue weighted by molar-refractivity contribution is 6.00. The molecular formula is C23H25FN2O4. The zero-order valence-corrected chi connectivity index (χ0v) is 17.3. The van der Waals surface area contributed by atoms with Crippen LogP contribution in [-0.2, 0) is 19.1 Å². The van der Waals surface area contributed by atoms with E-state index in [-0.39, 0.29) is 30.5 Å². The van der Waals surface area contributed by atoms with Crippen molar-refractivity contribution in [2.24, 2.45) is 5.92 Å². The Hall–Kier alpha value is -3.22. The summed E-state index contributed by atoms with van der Waals surface area (Å²) in [5, 5.41) is 2.81. The summed E-state index contributed by atoms with van der Waals surface area (Å²) in [6.07, 6.45) is -0.0793. The predicted octanol–water partition coefficient (Wildman–Crippen LogP) is 3.79. The third-order valence-corrected chi connectivity index (χ3v) is 5.14. The number of aryl methyl sites for hydroxylation is 1. The van der Waals surface area contributed by atoms with Gasteiger partial charge in [0.25, 0.3) is 5.91 Å². The van der Waals surface area contributed by atoms with Gasteiger partial charge in [0.15, 0.2) is 6.61 Å². The minimum Gasteiger partial charge on any atom is -0.455 e. The summed E-state index contributed by atoms with van der Waals surface area (Å²) in [4.78, 5) is 38.2. The second-order valence-electron chi connectivity index (χ2n) is 7.71. The number of ether oxygens (including phenoxy) is 1. The molecule has 3 rings (SSSR count). The van der Waals surface area contributed by atoms with Crippen molar-refractivity contribution in [2.75, 3.05) is 23.4 Å². The smallest absolute Gasteiger partial charge is 0.311 e. The number of nitrogens with zero attached hydrogens (tertiary/aromatic N) is 1. The van der Waals surface area contributed by atoms with Gasteiger partial charge in [0.05, 0.1) is 11.6 Å². The number of nitrogens with one attached hydrogen (secondary N) is 1. The number of carbonyl (C=O) groups excluding carboxylic acids is 3. The Morgan fingerprint density at radius 2 is 1.93 bits per heavy atom. The Balaban J connectivity index is 1.58. The number of hydrogen-bond acceptors (Lipinski definition) is 4. The number of hydrogen-bond donors (Lipinski definition) is 1. The average Bonchev–Trinajstić information content (AvgIpc) is 3.09. The van der Waals surface area contributed by atoms with Crippen molar-refractivity contribution < 1.29 is 23.5 Å². The molecule has 0 spiro atoms. The van der Waals surface area contributed by atoms with Crippen LogP contribution in [0.3, 0.4) is 0 Å². The lowest BCUT2D eigenvalue weighted by Gasteiger charge is -2.17. The summed E-state index contributed by atoms with van der Waals surface area (Å²) >= 11 is 0. The molecule has 1 heterocycles. The van der Waals surface area contributed by atoms with Crippen molar-refractivity contribution in [2.45, 2.75) is 33.1 Å². The highest BCUT2D eigenvalue weighted by Gasteiger charge is 2.37. The fourth-order valence-corrected chi connectivity index (χ4v) is 3.54. The molecule has 2 amide bonds. The molecule has 0 aromatic heterocycles. The van der Waals surface area contributed by atoms with Gasteiger partial charge in [0.2, 0.25) is 5.91 Å². The molecule has 30 heavy (non-hydrogen) atoms. The first-order valence-electron chi connectivity index (χ1n) is 9.88. The third-order valence-electron chi connectivity index (χ3n) is 5.14. The summed E-state index contributed by atoms with van der Waals surface area (Å²) in [7, 11) is 0. The number of para-hydroxylation sites is 2. The quantitative estimate of drug-likeness (QED) is 0.733. The molecule has 0 aliphatic carbocycles. The second-order valence-corrected chi connectivity index (χ2v) is 7.71. The van der Waals surface area contributed by atoms with Gasteiger partial charge in [-0.15, -0.1) is 0 Å². The number of rotatable bonds is 6. The summed E-state index contributed by atoms with van der Waals surface area (Å²) in [5.74, 6) is -2.50. The fourth-order valence-electron chi connectivity index (χ4n) is 3.54. The summed E-state index contributed by atoms with van der Waals surface area (Å²) in [6.45, 7) is 5.53. The molecule has 2 aromatic rings. The Labute approximate surface area is 175 Å². The van der Waals surface area contributed by atoms with Crippen molar-refractivity contribution in [3.8, 4) is 0 Å². The Bertz CT molecular complexity index is 973. The minimum atomic E-state index is -0.741. The van der Waals surface area contributed by atoms with Crippen molar-refractivity contribution in [3.63, 3.8) is 0 Å². The van der Waals surface area contributed by atoms with Crippen LogP contribution in [0.5, 0.6) is 0 Å². The van der Waals surface area contributed by atoms with Crippen LogP contribution in [0, 0.1) is 18.7 Å². The second kappa shape index (κ2) is 9.07. The lowest BCUT2D eigenvalue weighted by molar-refractivity contribution is -0.151. The first-order valence-corrected chi connectivity index (χ1v) is 9.88. The van der Waals surface area contributed by atoms with Gasteiger partial charge in [-0.25, -0.2) is 4.39 Å². The van der Waals surface area contributed by atoms with Crippen molar-refractivity contribution in [1.29, 1.82) is 0 Å². The van der Waals surface area contributed by atoms with Crippen LogP contribution in [-0.4, -0.2) is 30.9 Å². The van der Waals surface area contributed by atoms with E-state index in [2.05, 4.69) is 5.32 Å².